The first-order valence-electron chi connectivity index (χ1n) is 6.73. The van der Waals surface area contributed by atoms with E-state index in [0.29, 0.717) is 0 Å². The third kappa shape index (κ3) is 3.70. The minimum Gasteiger partial charge on any atom is -0.370 e. The number of hydrogen-bond acceptors (Lipinski definition) is 3. The van der Waals surface area contributed by atoms with Crippen molar-refractivity contribution in [2.24, 2.45) is 5.92 Å². The monoisotopic (exact) mass is 233 g/mol. The molecule has 1 aromatic rings. The third-order valence-corrected chi connectivity index (χ3v) is 3.29. The fourth-order valence-electron chi connectivity index (χ4n) is 2.10. The lowest BCUT2D eigenvalue weighted by atomic mass is 10.2. The van der Waals surface area contributed by atoms with E-state index in [0.717, 1.165) is 31.4 Å². The van der Waals surface area contributed by atoms with Gasteiger partial charge in [-0.25, -0.2) is 4.98 Å². The first-order chi connectivity index (χ1) is 8.33. The van der Waals surface area contributed by atoms with Gasteiger partial charge in [0, 0.05) is 31.4 Å². The van der Waals surface area contributed by atoms with E-state index in [9.17, 15) is 0 Å². The summed E-state index contributed by atoms with van der Waals surface area (Å²) >= 11 is 0. The van der Waals surface area contributed by atoms with Crippen LogP contribution >= 0.6 is 0 Å². The van der Waals surface area contributed by atoms with Crippen LogP contribution in [0.5, 0.6) is 0 Å². The summed E-state index contributed by atoms with van der Waals surface area (Å²) in [7, 11) is 0. The molecule has 2 rings (SSSR count). The van der Waals surface area contributed by atoms with Gasteiger partial charge in [0.1, 0.15) is 5.82 Å². The molecule has 94 valence electrons. The highest BCUT2D eigenvalue weighted by molar-refractivity contribution is 5.43. The first-order valence-corrected chi connectivity index (χ1v) is 6.73. The van der Waals surface area contributed by atoms with Gasteiger partial charge in [0.15, 0.2) is 0 Å². The average Bonchev–Trinajstić information content (AvgIpc) is 3.15. The Bertz CT molecular complexity index is 347. The Morgan fingerprint density at radius 1 is 1.41 bits per heavy atom. The number of hydrogen-bond donors (Lipinski definition) is 1. The quantitative estimate of drug-likeness (QED) is 0.785. The van der Waals surface area contributed by atoms with Crippen molar-refractivity contribution in [1.29, 1.82) is 0 Å². The predicted molar refractivity (Wildman–Crippen MR) is 72.1 cm³/mol. The van der Waals surface area contributed by atoms with Crippen LogP contribution in [0, 0.1) is 5.92 Å². The Balaban J connectivity index is 1.99. The van der Waals surface area contributed by atoms with E-state index in [4.69, 9.17) is 0 Å². The van der Waals surface area contributed by atoms with Crippen LogP contribution in [0.2, 0.25) is 0 Å². The smallest absolute Gasteiger partial charge is 0.130 e. The first kappa shape index (κ1) is 12.4. The second-order valence-corrected chi connectivity index (χ2v) is 4.81. The number of nitrogens with zero attached hydrogens (tertiary/aromatic N) is 2. The predicted octanol–water partition coefficient (Wildman–Crippen LogP) is 2.75. The maximum absolute atomic E-state index is 4.41. The number of rotatable bonds is 7. The third-order valence-electron chi connectivity index (χ3n) is 3.29. The lowest BCUT2D eigenvalue weighted by molar-refractivity contribution is 0.268. The van der Waals surface area contributed by atoms with Crippen molar-refractivity contribution in [2.75, 3.05) is 25.0 Å². The molecule has 1 heterocycles. The van der Waals surface area contributed by atoms with Gasteiger partial charge in [-0.3, -0.25) is 4.90 Å². The summed E-state index contributed by atoms with van der Waals surface area (Å²) < 4.78 is 0. The Labute approximate surface area is 104 Å². The Morgan fingerprint density at radius 2 is 2.24 bits per heavy atom. The Hall–Kier alpha value is -1.09. The van der Waals surface area contributed by atoms with Crippen molar-refractivity contribution in [3.63, 3.8) is 0 Å². The summed E-state index contributed by atoms with van der Waals surface area (Å²) in [5, 5.41) is 3.34. The fraction of sp³-hybridized carbons (Fsp3) is 0.643. The summed E-state index contributed by atoms with van der Waals surface area (Å²) in [5.41, 5.74) is 1.32. The molecule has 1 aliphatic rings. The van der Waals surface area contributed by atoms with Gasteiger partial charge in [-0.05, 0) is 38.3 Å². The van der Waals surface area contributed by atoms with Crippen LogP contribution in [0.1, 0.15) is 32.3 Å². The molecule has 1 aromatic heterocycles. The molecular weight excluding hydrogens is 210 g/mol. The molecule has 0 amide bonds. The average molecular weight is 233 g/mol. The normalized spacial score (nSPS) is 15.2. The van der Waals surface area contributed by atoms with E-state index >= 15 is 0 Å². The van der Waals surface area contributed by atoms with Crippen molar-refractivity contribution >= 4 is 5.82 Å². The Morgan fingerprint density at radius 3 is 2.88 bits per heavy atom. The van der Waals surface area contributed by atoms with Crippen LogP contribution < -0.4 is 5.32 Å². The van der Waals surface area contributed by atoms with Crippen molar-refractivity contribution in [1.82, 2.24) is 9.88 Å². The number of pyridine rings is 1. The van der Waals surface area contributed by atoms with Gasteiger partial charge in [-0.1, -0.05) is 13.0 Å². The van der Waals surface area contributed by atoms with Crippen LogP contribution in [0.4, 0.5) is 5.82 Å². The Kier molecular flexibility index (Phi) is 4.37. The van der Waals surface area contributed by atoms with Crippen molar-refractivity contribution < 1.29 is 0 Å². The van der Waals surface area contributed by atoms with Crippen molar-refractivity contribution in [3.8, 4) is 0 Å². The van der Waals surface area contributed by atoms with E-state index in [2.05, 4.69) is 35.1 Å². The summed E-state index contributed by atoms with van der Waals surface area (Å²) in [5.74, 6) is 2.00. The highest BCUT2D eigenvalue weighted by Crippen LogP contribution is 2.30. The molecule has 1 fully saturated rings. The zero-order chi connectivity index (χ0) is 12.1. The second-order valence-electron chi connectivity index (χ2n) is 4.81. The van der Waals surface area contributed by atoms with Crippen molar-refractivity contribution in [3.05, 3.63) is 23.9 Å². The second kappa shape index (κ2) is 6.01. The molecule has 0 spiro atoms. The van der Waals surface area contributed by atoms with E-state index in [1.807, 2.05) is 12.3 Å². The molecule has 0 aliphatic heterocycles. The van der Waals surface area contributed by atoms with Gasteiger partial charge in [0.25, 0.3) is 0 Å². The number of anilines is 1. The molecule has 1 aliphatic carbocycles. The highest BCUT2D eigenvalue weighted by Gasteiger charge is 2.23. The maximum atomic E-state index is 4.41. The molecular formula is C14H23N3. The van der Waals surface area contributed by atoms with Crippen LogP contribution in [0.3, 0.4) is 0 Å². The van der Waals surface area contributed by atoms with Crippen molar-refractivity contribution in [2.45, 2.75) is 33.2 Å². The number of aromatic nitrogens is 1. The summed E-state index contributed by atoms with van der Waals surface area (Å²) in [6.45, 7) is 8.67. The minimum atomic E-state index is 0.929. The van der Waals surface area contributed by atoms with Gasteiger partial charge < -0.3 is 5.32 Å². The molecule has 0 atom stereocenters. The summed E-state index contributed by atoms with van der Waals surface area (Å²) in [6, 6.07) is 4.21. The molecule has 17 heavy (non-hydrogen) atoms. The van der Waals surface area contributed by atoms with Crippen LogP contribution in [-0.4, -0.2) is 29.5 Å². The molecule has 0 unspecified atom stereocenters. The molecule has 0 bridgehead atoms. The molecule has 1 saturated carbocycles. The molecule has 0 aromatic carbocycles. The maximum Gasteiger partial charge on any atom is 0.130 e. The van der Waals surface area contributed by atoms with Crippen LogP contribution in [0.15, 0.2) is 18.3 Å². The molecule has 1 N–H and O–H groups in total. The fourth-order valence-corrected chi connectivity index (χ4v) is 2.10. The van der Waals surface area contributed by atoms with Gasteiger partial charge in [0.2, 0.25) is 0 Å². The lowest BCUT2D eigenvalue weighted by Gasteiger charge is -2.21. The van der Waals surface area contributed by atoms with E-state index < -0.39 is 0 Å². The van der Waals surface area contributed by atoms with Gasteiger partial charge in [0.05, 0.1) is 0 Å². The zero-order valence-electron chi connectivity index (χ0n) is 10.9. The van der Waals surface area contributed by atoms with Crippen LogP contribution in [-0.2, 0) is 6.54 Å². The molecule has 0 radical (unpaired) electrons. The topological polar surface area (TPSA) is 28.2 Å². The minimum absolute atomic E-state index is 0.929. The van der Waals surface area contributed by atoms with Gasteiger partial charge in [-0.2, -0.15) is 0 Å². The standard InChI is InChI=1S/C14H23N3/c1-3-15-14-13(6-5-9-16-14)11-17(4-2)10-12-7-8-12/h5-6,9,12H,3-4,7-8,10-11H2,1-2H3,(H,15,16). The molecule has 0 saturated heterocycles. The number of nitrogens with one attached hydrogen (secondary N) is 1. The van der Waals surface area contributed by atoms with E-state index in [1.165, 1.54) is 24.9 Å². The van der Waals surface area contributed by atoms with E-state index in [-0.39, 0.29) is 0 Å². The van der Waals surface area contributed by atoms with Gasteiger partial charge in [-0.15, -0.1) is 0 Å². The SMILES string of the molecule is CCNc1ncccc1CN(CC)CC1CC1. The molecule has 3 heteroatoms. The highest BCUT2D eigenvalue weighted by atomic mass is 15.1. The van der Waals surface area contributed by atoms with Gasteiger partial charge >= 0.3 is 0 Å². The summed E-state index contributed by atoms with van der Waals surface area (Å²) in [4.78, 5) is 6.94. The zero-order valence-corrected chi connectivity index (χ0v) is 10.9. The lowest BCUT2D eigenvalue weighted by Crippen LogP contribution is -2.25. The molecule has 3 nitrogen and oxygen atoms in total. The summed E-state index contributed by atoms with van der Waals surface area (Å²) in [6.07, 6.45) is 4.70. The van der Waals surface area contributed by atoms with E-state index in [1.54, 1.807) is 0 Å². The van der Waals surface area contributed by atoms with Crippen LogP contribution in [0.25, 0.3) is 0 Å². The largest absolute Gasteiger partial charge is 0.370 e.